The molecule has 1 aromatic rings. The molecular weight excluding hydrogens is 237 g/mol. The van der Waals surface area contributed by atoms with E-state index in [1.165, 1.54) is 13.0 Å². The van der Waals surface area contributed by atoms with Gasteiger partial charge in [0.25, 0.3) is 0 Å². The van der Waals surface area contributed by atoms with Crippen molar-refractivity contribution >= 4 is 15.9 Å². The number of hydrogen-bond acceptors (Lipinski definition) is 1. The second-order valence-corrected chi connectivity index (χ2v) is 5.53. The maximum absolute atomic E-state index is 12.3. The van der Waals surface area contributed by atoms with E-state index in [1.54, 1.807) is 0 Å². The van der Waals surface area contributed by atoms with Gasteiger partial charge in [0.2, 0.25) is 0 Å². The minimum atomic E-state index is -9.61. The van der Waals surface area contributed by atoms with Crippen molar-refractivity contribution in [3.63, 3.8) is 0 Å². The predicted molar refractivity (Wildman–Crippen MR) is 50.3 cm³/mol. The summed E-state index contributed by atoms with van der Waals surface area (Å²) >= 11 is 0. The van der Waals surface area contributed by atoms with E-state index in [4.69, 9.17) is 5.41 Å². The van der Waals surface area contributed by atoms with Crippen molar-refractivity contribution in [2.45, 2.75) is 11.8 Å². The van der Waals surface area contributed by atoms with Crippen molar-refractivity contribution in [3.05, 3.63) is 29.8 Å². The normalized spacial score (nSPS) is 16.7. The molecule has 0 aliphatic heterocycles. The average Bonchev–Trinajstić information content (AvgIpc) is 2.00. The van der Waals surface area contributed by atoms with E-state index in [1.807, 2.05) is 0 Å². The largest absolute Gasteiger partial charge is 0.310 e. The van der Waals surface area contributed by atoms with E-state index >= 15 is 0 Å². The molecule has 0 spiro atoms. The van der Waals surface area contributed by atoms with Crippen LogP contribution in [0.25, 0.3) is 0 Å². The van der Waals surface area contributed by atoms with E-state index in [2.05, 4.69) is 0 Å². The lowest BCUT2D eigenvalue weighted by Crippen LogP contribution is -2.07. The van der Waals surface area contributed by atoms with Gasteiger partial charge in [-0.15, -0.1) is 0 Å². The van der Waals surface area contributed by atoms with Crippen LogP contribution >= 0.6 is 10.2 Å². The van der Waals surface area contributed by atoms with Crippen molar-refractivity contribution < 1.29 is 19.4 Å². The Kier molecular flexibility index (Phi) is 2.01. The minimum absolute atomic E-state index is 0.166. The lowest BCUT2D eigenvalue weighted by molar-refractivity contribution is 0.364. The van der Waals surface area contributed by atoms with Crippen LogP contribution in [0.15, 0.2) is 29.2 Å². The van der Waals surface area contributed by atoms with Gasteiger partial charge >= 0.3 is 10.2 Å². The number of halogens is 5. The Labute approximate surface area is 83.1 Å². The van der Waals surface area contributed by atoms with Crippen LogP contribution in [0, 0.1) is 5.41 Å². The maximum atomic E-state index is 12.3. The molecule has 1 aromatic carbocycles. The summed E-state index contributed by atoms with van der Waals surface area (Å²) in [5, 5.41) is 7.06. The Hall–Kier alpha value is -1.11. The smallest absolute Gasteiger partial charge is 0.305 e. The number of benzene rings is 1. The maximum Gasteiger partial charge on any atom is 0.310 e. The molecule has 0 amide bonds. The van der Waals surface area contributed by atoms with Gasteiger partial charge in [-0.2, -0.15) is 0 Å². The zero-order chi connectivity index (χ0) is 12.0. The topological polar surface area (TPSA) is 23.9 Å². The molecule has 0 aliphatic rings. The number of nitrogens with one attached hydrogen (secondary N) is 1. The zero-order valence-corrected chi connectivity index (χ0v) is 8.42. The molecule has 1 rings (SSSR count). The van der Waals surface area contributed by atoms with Gasteiger partial charge in [0.15, 0.2) is 0 Å². The van der Waals surface area contributed by atoms with Gasteiger partial charge in [-0.1, -0.05) is 31.6 Å². The van der Waals surface area contributed by atoms with Crippen LogP contribution in [0.4, 0.5) is 19.4 Å². The van der Waals surface area contributed by atoms with Gasteiger partial charge in [0.1, 0.15) is 4.90 Å². The second-order valence-electron chi connectivity index (χ2n) is 3.12. The highest BCUT2D eigenvalue weighted by Gasteiger charge is 2.65. The Balaban J connectivity index is 3.43. The van der Waals surface area contributed by atoms with E-state index < -0.39 is 15.1 Å². The van der Waals surface area contributed by atoms with E-state index in [0.29, 0.717) is 12.1 Å². The Morgan fingerprint density at radius 2 is 1.67 bits per heavy atom. The van der Waals surface area contributed by atoms with Crippen molar-refractivity contribution in [2.24, 2.45) is 0 Å². The lowest BCUT2D eigenvalue weighted by atomic mass is 10.1. The van der Waals surface area contributed by atoms with Crippen molar-refractivity contribution in [2.75, 3.05) is 0 Å². The molecular formula is C8H8F5NS. The van der Waals surface area contributed by atoms with Crippen LogP contribution in [-0.4, -0.2) is 5.71 Å². The molecule has 0 unspecified atom stereocenters. The van der Waals surface area contributed by atoms with Crippen LogP contribution in [0.5, 0.6) is 0 Å². The molecule has 86 valence electrons. The van der Waals surface area contributed by atoms with E-state index in [-0.39, 0.29) is 11.3 Å². The SMILES string of the molecule is CC(=N)c1cccc(S(F)(F)(F)(F)F)c1. The molecule has 0 aromatic heterocycles. The van der Waals surface area contributed by atoms with Gasteiger partial charge in [0.05, 0.1) is 0 Å². The van der Waals surface area contributed by atoms with Crippen LogP contribution in [0.3, 0.4) is 0 Å². The first kappa shape index (κ1) is 12.0. The average molecular weight is 245 g/mol. The second kappa shape index (κ2) is 2.52. The van der Waals surface area contributed by atoms with Crippen LogP contribution in [0.1, 0.15) is 12.5 Å². The molecule has 0 saturated carbocycles. The third-order valence-corrected chi connectivity index (χ3v) is 2.86. The zero-order valence-electron chi connectivity index (χ0n) is 7.61. The quantitative estimate of drug-likeness (QED) is 0.575. The molecule has 1 nitrogen and oxygen atoms in total. The molecule has 7 heteroatoms. The third kappa shape index (κ3) is 2.92. The number of rotatable bonds is 2. The highest BCUT2D eigenvalue weighted by Crippen LogP contribution is 3.02. The Morgan fingerprint density at radius 1 is 1.13 bits per heavy atom. The molecule has 0 heterocycles. The molecule has 1 N–H and O–H groups in total. The van der Waals surface area contributed by atoms with Crippen molar-refractivity contribution in [3.8, 4) is 0 Å². The molecule has 0 atom stereocenters. The molecule has 15 heavy (non-hydrogen) atoms. The Bertz CT molecular complexity index is 421. The predicted octanol–water partition coefficient (Wildman–Crippen LogP) is 4.73. The highest BCUT2D eigenvalue weighted by atomic mass is 32.5. The van der Waals surface area contributed by atoms with Gasteiger partial charge in [-0.25, -0.2) is 0 Å². The first-order chi connectivity index (χ1) is 6.40. The summed E-state index contributed by atoms with van der Waals surface area (Å²) in [4.78, 5) is -1.96. The fraction of sp³-hybridized carbons (Fsp3) is 0.125. The van der Waals surface area contributed by atoms with Gasteiger partial charge in [-0.05, 0) is 24.6 Å². The van der Waals surface area contributed by atoms with Crippen LogP contribution in [-0.2, 0) is 0 Å². The molecule has 0 fully saturated rings. The molecule has 0 radical (unpaired) electrons. The van der Waals surface area contributed by atoms with Crippen molar-refractivity contribution in [1.29, 1.82) is 5.41 Å². The summed E-state index contributed by atoms with van der Waals surface area (Å²) in [6, 6.07) is 2.65. The van der Waals surface area contributed by atoms with E-state index in [9.17, 15) is 19.4 Å². The standard InChI is InChI=1S/C8H8F5NS/c1-6(14)7-3-2-4-8(5-7)15(9,10,11,12)13/h2-5,14H,1H3. The number of hydrogen-bond donors (Lipinski definition) is 1. The van der Waals surface area contributed by atoms with Crippen LogP contribution in [0.2, 0.25) is 0 Å². The first-order valence-corrected chi connectivity index (χ1v) is 5.75. The molecule has 0 bridgehead atoms. The summed E-state index contributed by atoms with van der Waals surface area (Å²) in [5.74, 6) is 0. The van der Waals surface area contributed by atoms with Crippen molar-refractivity contribution in [1.82, 2.24) is 0 Å². The van der Waals surface area contributed by atoms with Gasteiger partial charge in [0, 0.05) is 5.71 Å². The van der Waals surface area contributed by atoms with E-state index in [0.717, 1.165) is 6.07 Å². The van der Waals surface area contributed by atoms with Crippen LogP contribution < -0.4 is 0 Å². The van der Waals surface area contributed by atoms with Gasteiger partial charge in [-0.3, -0.25) is 0 Å². The summed E-state index contributed by atoms with van der Waals surface area (Å²) in [5.41, 5.74) is -0.362. The summed E-state index contributed by atoms with van der Waals surface area (Å²) in [6.07, 6.45) is 0. The fourth-order valence-corrected chi connectivity index (χ4v) is 1.65. The Morgan fingerprint density at radius 3 is 2.07 bits per heavy atom. The fourth-order valence-electron chi connectivity index (χ4n) is 0.969. The summed E-state index contributed by atoms with van der Waals surface area (Å²) in [6.45, 7) is 1.23. The minimum Gasteiger partial charge on any atom is -0.305 e. The first-order valence-electron chi connectivity index (χ1n) is 3.80. The van der Waals surface area contributed by atoms with Gasteiger partial charge < -0.3 is 5.41 Å². The lowest BCUT2D eigenvalue weighted by Gasteiger charge is -2.40. The molecule has 0 saturated heterocycles. The summed E-state index contributed by atoms with van der Waals surface area (Å²) in [7, 11) is -9.61. The summed E-state index contributed by atoms with van der Waals surface area (Å²) < 4.78 is 61.6. The monoisotopic (exact) mass is 245 g/mol. The third-order valence-electron chi connectivity index (χ3n) is 1.71. The highest BCUT2D eigenvalue weighted by molar-refractivity contribution is 8.45. The molecule has 0 aliphatic carbocycles.